The molecule has 2 aromatic rings. The molecule has 0 saturated heterocycles. The lowest BCUT2D eigenvalue weighted by Gasteiger charge is -2.08. The Kier molecular flexibility index (Phi) is 5.17. The van der Waals surface area contributed by atoms with Gasteiger partial charge in [-0.25, -0.2) is 23.1 Å². The van der Waals surface area contributed by atoms with E-state index in [-0.39, 0.29) is 10.8 Å². The molecule has 0 saturated carbocycles. The van der Waals surface area contributed by atoms with E-state index in [9.17, 15) is 13.2 Å². The highest BCUT2D eigenvalue weighted by Gasteiger charge is 2.16. The molecule has 7 nitrogen and oxygen atoms in total. The molecular formula is C12H10Cl2N4O3S. The topological polar surface area (TPSA) is 101 Å². The van der Waals surface area contributed by atoms with Gasteiger partial charge in [-0.1, -0.05) is 23.2 Å². The molecule has 1 amide bonds. The van der Waals surface area contributed by atoms with Crippen LogP contribution in [0.4, 0.5) is 11.6 Å². The van der Waals surface area contributed by atoms with E-state index in [0.717, 1.165) is 0 Å². The second kappa shape index (κ2) is 6.91. The molecule has 0 spiro atoms. The van der Waals surface area contributed by atoms with Crippen LogP contribution in [-0.2, 0) is 14.8 Å². The number of alkyl halides is 2. The van der Waals surface area contributed by atoms with Gasteiger partial charge < -0.3 is 5.32 Å². The first-order valence-electron chi connectivity index (χ1n) is 5.87. The Hall–Kier alpha value is -1.90. The Morgan fingerprint density at radius 2 is 1.68 bits per heavy atom. The molecule has 116 valence electrons. The number of anilines is 2. The average Bonchev–Trinajstić information content (AvgIpc) is 2.48. The lowest BCUT2D eigenvalue weighted by molar-refractivity contribution is -0.114. The van der Waals surface area contributed by atoms with Crippen LogP contribution in [0, 0.1) is 0 Å². The standard InChI is InChI=1S/C12H10Cl2N4O3S/c13-10(14)11(19)17-8-2-4-9(5-3-8)22(20,21)18-12-15-6-1-7-16-12/h1-7,10H,(H,17,19)(H,15,16,18). The Labute approximate surface area is 136 Å². The van der Waals surface area contributed by atoms with Gasteiger partial charge in [-0.15, -0.1) is 0 Å². The fourth-order valence-corrected chi connectivity index (χ4v) is 2.51. The van der Waals surface area contributed by atoms with Crippen molar-refractivity contribution in [2.45, 2.75) is 9.73 Å². The molecule has 0 fully saturated rings. The summed E-state index contributed by atoms with van der Waals surface area (Å²) in [5, 5.41) is 2.43. The monoisotopic (exact) mass is 360 g/mol. The second-order valence-electron chi connectivity index (χ2n) is 3.99. The number of amides is 1. The molecule has 0 unspecified atom stereocenters. The smallest absolute Gasteiger partial charge is 0.264 e. The minimum atomic E-state index is -3.81. The van der Waals surface area contributed by atoms with Crippen molar-refractivity contribution < 1.29 is 13.2 Å². The summed E-state index contributed by atoms with van der Waals surface area (Å²) in [7, 11) is -3.81. The van der Waals surface area contributed by atoms with E-state index in [1.54, 1.807) is 6.07 Å². The number of carbonyl (C=O) groups excluding carboxylic acids is 1. The molecule has 1 heterocycles. The van der Waals surface area contributed by atoms with Crippen molar-refractivity contribution in [3.8, 4) is 0 Å². The van der Waals surface area contributed by atoms with Crippen LogP contribution < -0.4 is 10.0 Å². The molecule has 1 aromatic heterocycles. The first kappa shape index (κ1) is 16.5. The third-order valence-corrected chi connectivity index (χ3v) is 4.16. The SMILES string of the molecule is O=C(Nc1ccc(S(=O)(=O)Nc2ncccn2)cc1)C(Cl)Cl. The number of sulfonamides is 1. The zero-order chi connectivity index (χ0) is 16.2. The molecule has 0 bridgehead atoms. The third-order valence-electron chi connectivity index (χ3n) is 2.42. The van der Waals surface area contributed by atoms with E-state index in [2.05, 4.69) is 20.0 Å². The number of halogens is 2. The van der Waals surface area contributed by atoms with Crippen LogP contribution >= 0.6 is 23.2 Å². The molecule has 10 heteroatoms. The van der Waals surface area contributed by atoms with Crippen LogP contribution in [0.5, 0.6) is 0 Å². The summed E-state index contributed by atoms with van der Waals surface area (Å²) in [6.07, 6.45) is 2.83. The normalized spacial score (nSPS) is 11.2. The van der Waals surface area contributed by atoms with Crippen LogP contribution in [0.3, 0.4) is 0 Å². The van der Waals surface area contributed by atoms with E-state index in [1.165, 1.54) is 36.7 Å². The molecule has 22 heavy (non-hydrogen) atoms. The maximum absolute atomic E-state index is 12.1. The molecule has 0 aliphatic carbocycles. The predicted octanol–water partition coefficient (Wildman–Crippen LogP) is 2.02. The largest absolute Gasteiger partial charge is 0.324 e. The number of nitrogens with zero attached hydrogens (tertiary/aromatic N) is 2. The molecule has 0 aliphatic heterocycles. The summed E-state index contributed by atoms with van der Waals surface area (Å²) < 4.78 is 26.5. The molecular weight excluding hydrogens is 351 g/mol. The van der Waals surface area contributed by atoms with E-state index in [0.29, 0.717) is 5.69 Å². The van der Waals surface area contributed by atoms with Gasteiger partial charge in [-0.3, -0.25) is 4.79 Å². The van der Waals surface area contributed by atoms with E-state index in [4.69, 9.17) is 23.2 Å². The van der Waals surface area contributed by atoms with Crippen molar-refractivity contribution in [1.29, 1.82) is 0 Å². The van der Waals surface area contributed by atoms with Crippen molar-refractivity contribution in [2.24, 2.45) is 0 Å². The van der Waals surface area contributed by atoms with Crippen LogP contribution in [0.15, 0.2) is 47.6 Å². The summed E-state index contributed by atoms with van der Waals surface area (Å²) >= 11 is 10.8. The number of carbonyl (C=O) groups is 1. The summed E-state index contributed by atoms with van der Waals surface area (Å²) in [5.41, 5.74) is 0.367. The van der Waals surface area contributed by atoms with E-state index in [1.807, 2.05) is 0 Å². The minimum Gasteiger partial charge on any atom is -0.324 e. The van der Waals surface area contributed by atoms with Gasteiger partial charge in [0, 0.05) is 18.1 Å². The number of hydrogen-bond acceptors (Lipinski definition) is 5. The number of benzene rings is 1. The molecule has 0 radical (unpaired) electrons. The van der Waals surface area contributed by atoms with E-state index >= 15 is 0 Å². The molecule has 0 aliphatic rings. The number of rotatable bonds is 5. The Bertz CT molecular complexity index is 752. The maximum Gasteiger partial charge on any atom is 0.264 e. The zero-order valence-corrected chi connectivity index (χ0v) is 13.2. The fraction of sp³-hybridized carbons (Fsp3) is 0.0833. The van der Waals surface area contributed by atoms with Gasteiger partial charge in [0.15, 0.2) is 4.84 Å². The number of aromatic nitrogens is 2. The third kappa shape index (κ3) is 4.30. The Balaban J connectivity index is 2.14. The highest BCUT2D eigenvalue weighted by atomic mass is 35.5. The molecule has 1 aromatic carbocycles. The van der Waals surface area contributed by atoms with Gasteiger partial charge in [-0.2, -0.15) is 0 Å². The van der Waals surface area contributed by atoms with Crippen molar-refractivity contribution >= 4 is 50.8 Å². The van der Waals surface area contributed by atoms with Crippen LogP contribution in [0.1, 0.15) is 0 Å². The van der Waals surface area contributed by atoms with Gasteiger partial charge >= 0.3 is 0 Å². The maximum atomic E-state index is 12.1. The summed E-state index contributed by atoms with van der Waals surface area (Å²) in [6, 6.07) is 7.02. The van der Waals surface area contributed by atoms with E-state index < -0.39 is 20.8 Å². The first-order chi connectivity index (χ1) is 10.4. The van der Waals surface area contributed by atoms with Crippen molar-refractivity contribution in [3.05, 3.63) is 42.7 Å². The Morgan fingerprint density at radius 3 is 2.23 bits per heavy atom. The second-order valence-corrected chi connectivity index (χ2v) is 6.77. The van der Waals surface area contributed by atoms with Gasteiger partial charge in [0.2, 0.25) is 5.95 Å². The van der Waals surface area contributed by atoms with Gasteiger partial charge in [0.05, 0.1) is 4.90 Å². The van der Waals surface area contributed by atoms with Gasteiger partial charge in [-0.05, 0) is 30.3 Å². The number of hydrogen-bond donors (Lipinski definition) is 2. The summed E-state index contributed by atoms with van der Waals surface area (Å²) in [5.74, 6) is -0.637. The minimum absolute atomic E-state index is 0.00810. The molecule has 0 atom stereocenters. The summed E-state index contributed by atoms with van der Waals surface area (Å²) in [6.45, 7) is 0. The quantitative estimate of drug-likeness (QED) is 0.794. The lowest BCUT2D eigenvalue weighted by atomic mass is 10.3. The van der Waals surface area contributed by atoms with Crippen LogP contribution in [-0.4, -0.2) is 29.1 Å². The Morgan fingerprint density at radius 1 is 1.09 bits per heavy atom. The fourth-order valence-electron chi connectivity index (χ4n) is 1.45. The van der Waals surface area contributed by atoms with Crippen molar-refractivity contribution in [3.63, 3.8) is 0 Å². The highest BCUT2D eigenvalue weighted by molar-refractivity contribution is 7.92. The molecule has 2 N–H and O–H groups in total. The molecule has 2 rings (SSSR count). The number of nitrogens with one attached hydrogen (secondary N) is 2. The van der Waals surface area contributed by atoms with Crippen molar-refractivity contribution in [1.82, 2.24) is 9.97 Å². The van der Waals surface area contributed by atoms with Crippen LogP contribution in [0.2, 0.25) is 0 Å². The van der Waals surface area contributed by atoms with Crippen LogP contribution in [0.25, 0.3) is 0 Å². The highest BCUT2D eigenvalue weighted by Crippen LogP contribution is 2.17. The van der Waals surface area contributed by atoms with Gasteiger partial charge in [0.25, 0.3) is 15.9 Å². The zero-order valence-electron chi connectivity index (χ0n) is 10.9. The van der Waals surface area contributed by atoms with Crippen molar-refractivity contribution in [2.75, 3.05) is 10.0 Å². The summed E-state index contributed by atoms with van der Waals surface area (Å²) in [4.78, 5) is 17.7. The lowest BCUT2D eigenvalue weighted by Crippen LogP contribution is -2.19. The first-order valence-corrected chi connectivity index (χ1v) is 8.23. The average molecular weight is 361 g/mol. The predicted molar refractivity (Wildman–Crippen MR) is 83.4 cm³/mol. The van der Waals surface area contributed by atoms with Gasteiger partial charge in [0.1, 0.15) is 0 Å².